The summed E-state index contributed by atoms with van der Waals surface area (Å²) in [7, 11) is 1.32. The molecule has 0 aliphatic heterocycles. The second kappa shape index (κ2) is 36.9. The van der Waals surface area contributed by atoms with Gasteiger partial charge in [-0.2, -0.15) is 0 Å². The minimum Gasteiger partial charge on any atom is -1.00 e. The van der Waals surface area contributed by atoms with Gasteiger partial charge in [0.2, 0.25) is 0 Å². The van der Waals surface area contributed by atoms with Crippen molar-refractivity contribution in [2.24, 2.45) is 0 Å². The molecule has 0 spiro atoms. The van der Waals surface area contributed by atoms with Crippen LogP contribution in [-0.4, -0.2) is 103 Å². The van der Waals surface area contributed by atoms with E-state index in [0.717, 1.165) is 111 Å². The maximum absolute atomic E-state index is 12.8. The van der Waals surface area contributed by atoms with E-state index in [-0.39, 0.29) is 76.0 Å². The molecule has 530 valence electrons. The topological polar surface area (TPSA) is 348 Å². The van der Waals surface area contributed by atoms with E-state index in [1.807, 2.05) is 84.0 Å². The fourth-order valence-corrected chi connectivity index (χ4v) is 12.4. The Morgan fingerprint density at radius 1 is 0.452 bits per heavy atom. The fraction of sp³-hybridized carbons (Fsp3) is 0.208. The largest absolute Gasteiger partial charge is 1.00 e. The number of rotatable bonds is 18. The van der Waals surface area contributed by atoms with Crippen LogP contribution >= 0.6 is 34.8 Å². The number of benzene rings is 3. The van der Waals surface area contributed by atoms with Crippen molar-refractivity contribution >= 4 is 126 Å². The molecule has 0 saturated carbocycles. The van der Waals surface area contributed by atoms with Gasteiger partial charge in [0, 0.05) is 154 Å². The number of aliphatic hydroxyl groups excluding tert-OH is 2. The number of aliphatic hydroxyl groups is 2. The molecule has 0 aliphatic carbocycles. The molecule has 104 heavy (non-hydrogen) atoms. The first-order valence-corrected chi connectivity index (χ1v) is 33.0. The van der Waals surface area contributed by atoms with E-state index in [1.54, 1.807) is 97.7 Å². The van der Waals surface area contributed by atoms with Crippen molar-refractivity contribution in [1.29, 1.82) is 0 Å². The second-order valence-electron chi connectivity index (χ2n) is 24.1. The van der Waals surface area contributed by atoms with E-state index < -0.39 is 5.97 Å². The molecule has 11 N–H and O–H groups in total. The van der Waals surface area contributed by atoms with E-state index in [2.05, 4.69) is 60.8 Å². The average molecular weight is 1470 g/mol. The molecule has 0 unspecified atom stereocenters. The van der Waals surface area contributed by atoms with Gasteiger partial charge in [-0.05, 0) is 189 Å². The molecule has 0 radical (unpaired) electrons. The third kappa shape index (κ3) is 20.7. The summed E-state index contributed by atoms with van der Waals surface area (Å²) in [6.45, 7) is 12.2. The quantitative estimate of drug-likeness (QED) is 0.0294. The van der Waals surface area contributed by atoms with E-state index in [1.165, 1.54) is 13.3 Å². The Kier molecular flexibility index (Phi) is 28.9. The van der Waals surface area contributed by atoms with Gasteiger partial charge in [0.1, 0.15) is 17.5 Å². The Bertz CT molecular complexity index is 4920. The van der Waals surface area contributed by atoms with Gasteiger partial charge in [-0.3, -0.25) is 44.3 Å². The molecule has 0 saturated heterocycles. The van der Waals surface area contributed by atoms with Gasteiger partial charge in [0.25, 0.3) is 17.7 Å². The number of hydrogen-bond acceptors (Lipinski definition) is 19. The van der Waals surface area contributed by atoms with Crippen molar-refractivity contribution in [2.45, 2.75) is 101 Å². The zero-order valence-electron chi connectivity index (χ0n) is 58.3. The molecule has 9 heterocycles. The Labute approximate surface area is 641 Å². The SMILES string of the molecule is C.COC(=O)c1cc(Cc2cc(C(=O)NCc3c(C)cc(N)nc3C)ccn2)cc2cc(Cl)cnc12.Cc1cc(N)nc(C)c1CNC(=O)c1ccnc(Cc2cc(CO)c3ncc(Cl)cc3c2)c1.Cc1cc(N)nc(C)c1CNC(=O)c1ccnc(Cc2cc(CO)c3ncc(Cl)cc3c2)c1.[AlH3].[H-].[Li+]. The number of fused-ring (bicyclic) bond motifs is 3. The van der Waals surface area contributed by atoms with Crippen LogP contribution in [0.2, 0.25) is 15.1 Å². The third-order valence-corrected chi connectivity index (χ3v) is 17.3. The molecule has 0 fully saturated rings. The number of nitrogens with one attached hydrogen (secondary N) is 3. The number of carbonyl (C=O) groups is 4. The summed E-state index contributed by atoms with van der Waals surface area (Å²) in [5.74, 6) is 0.282. The van der Waals surface area contributed by atoms with Gasteiger partial charge in [-0.25, -0.2) is 19.7 Å². The molecule has 9 aromatic heterocycles. The number of pyridine rings is 9. The molecule has 0 bridgehead atoms. The van der Waals surface area contributed by atoms with E-state index >= 15 is 0 Å². The van der Waals surface area contributed by atoms with Crippen LogP contribution in [0.15, 0.2) is 146 Å². The third-order valence-electron chi connectivity index (χ3n) is 16.7. The molecule has 0 aliphatic rings. The van der Waals surface area contributed by atoms with Crippen LogP contribution in [0, 0.1) is 41.5 Å². The molecular formula is C77H80AlCl3LiN15O7. The van der Waals surface area contributed by atoms with Gasteiger partial charge in [-0.15, -0.1) is 0 Å². The van der Waals surface area contributed by atoms with Crippen LogP contribution in [0.5, 0.6) is 0 Å². The number of methoxy groups -OCH3 is 1. The van der Waals surface area contributed by atoms with Crippen LogP contribution in [0.1, 0.15) is 146 Å². The fourth-order valence-electron chi connectivity index (χ4n) is 11.9. The number of esters is 1. The van der Waals surface area contributed by atoms with Gasteiger partial charge < -0.3 is 49.5 Å². The molecule has 12 aromatic rings. The number of nitrogens with zero attached hydrogens (tertiary/aromatic N) is 9. The Hall–Kier alpha value is -10.0. The van der Waals surface area contributed by atoms with Crippen molar-refractivity contribution in [2.75, 3.05) is 24.3 Å². The average Bonchev–Trinajstić information content (AvgIpc) is 0.808. The normalized spacial score (nSPS) is 10.7. The second-order valence-corrected chi connectivity index (χ2v) is 25.4. The number of nitrogen functional groups attached to an aromatic ring is 3. The van der Waals surface area contributed by atoms with Crippen molar-refractivity contribution in [3.63, 3.8) is 0 Å². The summed E-state index contributed by atoms with van der Waals surface area (Å²) in [5.41, 5.74) is 35.6. The van der Waals surface area contributed by atoms with Crippen molar-refractivity contribution in [3.8, 4) is 0 Å². The summed E-state index contributed by atoms with van der Waals surface area (Å²) in [5, 5.41) is 32.3. The van der Waals surface area contributed by atoms with E-state index in [4.69, 9.17) is 56.7 Å². The van der Waals surface area contributed by atoms with Gasteiger partial charge in [0.15, 0.2) is 17.4 Å². The summed E-state index contributed by atoms with van der Waals surface area (Å²) in [6.07, 6.45) is 10.8. The van der Waals surface area contributed by atoms with Crippen LogP contribution in [0.3, 0.4) is 0 Å². The van der Waals surface area contributed by atoms with E-state index in [9.17, 15) is 29.4 Å². The molecule has 3 aromatic carbocycles. The first kappa shape index (κ1) is 81.3. The maximum atomic E-state index is 12.8. The number of amides is 3. The standard InChI is InChI=1S/C26H24ClN5O3.2C25H24ClN5O2.CH4.Al.Li.4H/c1-14-6-23(28)32-15(2)22(14)13-31-25(33)17-4-5-29-20(11-17)8-16-7-18-10-19(27)12-30-24(18)21(9-16)26(34)35-3;2*1-14-5-23(27)31-15(2)22(14)12-30-25(33)17-3-4-28-21(10-17)8-16-6-18-9-20(26)11-29-24(18)19(7-16)13-32;;;;;;;/h4-7,9-12H,8,13H2,1-3H3,(H2,28,32)(H,31,33);2*3-7,9-11,32H,8,12-13H2,1-2H3,(H2,27,31)(H,30,33);1H4;;;;;;/q;;;;;+1;;;;-1. The number of nitrogens with two attached hydrogens (primary N) is 3. The molecule has 3 amide bonds. The predicted octanol–water partition coefficient (Wildman–Crippen LogP) is 8.53. The number of anilines is 3. The Balaban J connectivity index is 0.000000242. The zero-order chi connectivity index (χ0) is 72.2. The number of carbonyl (C=O) groups excluding carboxylic acids is 4. The first-order chi connectivity index (χ1) is 48.4. The summed E-state index contributed by atoms with van der Waals surface area (Å²) < 4.78 is 4.93. The number of hydrogen-bond donors (Lipinski definition) is 8. The van der Waals surface area contributed by atoms with Crippen LogP contribution in [0.25, 0.3) is 32.7 Å². The molecule has 12 rings (SSSR count). The molecule has 27 heteroatoms. The Morgan fingerprint density at radius 3 is 1.07 bits per heavy atom. The van der Waals surface area contributed by atoms with Crippen LogP contribution < -0.4 is 52.0 Å². The van der Waals surface area contributed by atoms with E-state index in [0.29, 0.717) is 110 Å². The summed E-state index contributed by atoms with van der Waals surface area (Å²) >= 11 is 18.3. The molecule has 0 atom stereocenters. The van der Waals surface area contributed by atoms with Crippen molar-refractivity contribution < 1.29 is 54.4 Å². The minimum atomic E-state index is -0.490. The van der Waals surface area contributed by atoms with Crippen LogP contribution in [0.4, 0.5) is 17.5 Å². The van der Waals surface area contributed by atoms with Gasteiger partial charge >= 0.3 is 24.8 Å². The number of ether oxygens (including phenoxy) is 1. The zero-order valence-corrected chi connectivity index (χ0v) is 59.6. The molecular weight excluding hydrogens is 1390 g/mol. The first-order valence-electron chi connectivity index (χ1n) is 31.8. The summed E-state index contributed by atoms with van der Waals surface area (Å²) in [6, 6.07) is 32.4. The molecule has 22 nitrogen and oxygen atoms in total. The Morgan fingerprint density at radius 2 is 0.760 bits per heavy atom. The number of aromatic nitrogens is 9. The minimum absolute atomic E-state index is 0. The van der Waals surface area contributed by atoms with Crippen molar-refractivity contribution in [3.05, 3.63) is 279 Å². The maximum Gasteiger partial charge on any atom is 1.00 e. The van der Waals surface area contributed by atoms with Gasteiger partial charge in [0.05, 0.1) is 57.5 Å². The monoisotopic (exact) mass is 1470 g/mol. The smallest absolute Gasteiger partial charge is 1.00 e. The van der Waals surface area contributed by atoms with Crippen molar-refractivity contribution in [1.82, 2.24) is 60.8 Å². The van der Waals surface area contributed by atoms with Crippen LogP contribution in [-0.2, 0) is 56.8 Å². The number of aryl methyl sites for hydroxylation is 6. The number of halogens is 3. The summed E-state index contributed by atoms with van der Waals surface area (Å²) in [4.78, 5) is 89.7. The predicted molar refractivity (Wildman–Crippen MR) is 410 cm³/mol. The van der Waals surface area contributed by atoms with Gasteiger partial charge in [-0.1, -0.05) is 54.4 Å².